The Morgan fingerprint density at radius 1 is 1.20 bits per heavy atom. The summed E-state index contributed by atoms with van der Waals surface area (Å²) in [6, 6.07) is 9.69. The van der Waals surface area contributed by atoms with Crippen molar-refractivity contribution in [2.45, 2.75) is 19.6 Å². The molecule has 0 aliphatic carbocycles. The quantitative estimate of drug-likeness (QED) is 0.591. The fourth-order valence-corrected chi connectivity index (χ4v) is 2.62. The third-order valence-corrected chi connectivity index (χ3v) is 3.94. The highest BCUT2D eigenvalue weighted by molar-refractivity contribution is 6.30. The van der Waals surface area contributed by atoms with E-state index in [-0.39, 0.29) is 12.5 Å². The number of hydrogen-bond donors (Lipinski definition) is 2. The van der Waals surface area contributed by atoms with E-state index in [1.54, 1.807) is 43.5 Å². The average molecular weight is 438 g/mol. The Morgan fingerprint density at radius 3 is 2.70 bits per heavy atom. The van der Waals surface area contributed by atoms with Crippen LogP contribution in [0, 0.1) is 6.92 Å². The lowest BCUT2D eigenvalue weighted by molar-refractivity contribution is -0.142. The van der Waals surface area contributed by atoms with Gasteiger partial charge >= 0.3 is 12.3 Å². The van der Waals surface area contributed by atoms with Gasteiger partial charge in [-0.15, -0.1) is 0 Å². The van der Waals surface area contributed by atoms with Crippen LogP contribution in [0.5, 0.6) is 5.75 Å². The van der Waals surface area contributed by atoms with Crippen LogP contribution < -0.4 is 15.4 Å². The number of aromatic nitrogens is 3. The minimum absolute atomic E-state index is 0.0544. The third kappa shape index (κ3) is 5.80. The lowest BCUT2D eigenvalue weighted by Crippen LogP contribution is -2.27. The van der Waals surface area contributed by atoms with Crippen molar-refractivity contribution in [3.8, 4) is 5.75 Å². The number of carbonyl (C=O) groups is 1. The minimum atomic E-state index is -4.87. The van der Waals surface area contributed by atoms with Gasteiger partial charge < -0.3 is 15.4 Å². The minimum Gasteiger partial charge on any atom is -0.406 e. The van der Waals surface area contributed by atoms with E-state index >= 15 is 0 Å². The second kappa shape index (κ2) is 8.95. The van der Waals surface area contributed by atoms with E-state index in [4.69, 9.17) is 16.3 Å². The molecule has 2 N–H and O–H groups in total. The summed E-state index contributed by atoms with van der Waals surface area (Å²) >= 11 is 5.85. The number of aryl methyl sites for hydroxylation is 1. The molecule has 156 valence electrons. The fraction of sp³-hybridized carbons (Fsp3) is 0.158. The Hall–Kier alpha value is -3.40. The van der Waals surface area contributed by atoms with Crippen LogP contribution in [-0.2, 0) is 12.7 Å². The van der Waals surface area contributed by atoms with Gasteiger partial charge in [0.25, 0.3) is 0 Å². The van der Waals surface area contributed by atoms with Crippen molar-refractivity contribution in [1.82, 2.24) is 20.3 Å². The summed E-state index contributed by atoms with van der Waals surface area (Å²) in [7, 11) is 0. The van der Waals surface area contributed by atoms with Crippen LogP contribution >= 0.6 is 11.6 Å². The summed E-state index contributed by atoms with van der Waals surface area (Å²) in [5.74, 6) is -1.15. The molecule has 0 atom stereocenters. The molecule has 30 heavy (non-hydrogen) atoms. The highest BCUT2D eigenvalue weighted by Crippen LogP contribution is 2.35. The molecular weight excluding hydrogens is 423 g/mol. The number of hydrogen-bond acceptors (Lipinski definition) is 6. The number of benzene rings is 1. The Labute approximate surface area is 174 Å². The van der Waals surface area contributed by atoms with E-state index in [2.05, 4.69) is 25.6 Å². The number of carbonyl (C=O) groups excluding carboxylic acids is 1. The number of ether oxygens (including phenoxy) is 1. The second-order valence-corrected chi connectivity index (χ2v) is 6.52. The first-order chi connectivity index (χ1) is 14.2. The van der Waals surface area contributed by atoms with Crippen molar-refractivity contribution in [1.29, 1.82) is 0 Å². The summed E-state index contributed by atoms with van der Waals surface area (Å²) in [4.78, 5) is 23.2. The highest BCUT2D eigenvalue weighted by Gasteiger charge is 2.38. The molecule has 3 aromatic rings. The second-order valence-electron chi connectivity index (χ2n) is 6.09. The zero-order valence-corrected chi connectivity index (χ0v) is 16.3. The summed E-state index contributed by atoms with van der Waals surface area (Å²) < 4.78 is 45.0. The monoisotopic (exact) mass is 437 g/mol. The molecule has 0 unspecified atom stereocenters. The van der Waals surface area contributed by atoms with Crippen LogP contribution in [-0.4, -0.2) is 21.0 Å². The molecule has 11 heteroatoms. The van der Waals surface area contributed by atoms with Crippen LogP contribution in [0.2, 0.25) is 5.02 Å². The smallest absolute Gasteiger partial charge is 0.406 e. The van der Waals surface area contributed by atoms with E-state index in [0.29, 0.717) is 16.3 Å². The number of amides is 1. The van der Waals surface area contributed by atoms with Gasteiger partial charge in [0.05, 0.1) is 6.20 Å². The van der Waals surface area contributed by atoms with Crippen molar-refractivity contribution in [3.05, 3.63) is 70.8 Å². The molecular formula is C19H15ClF3N5O2. The summed E-state index contributed by atoms with van der Waals surface area (Å²) in [6.07, 6.45) is -3.61. The zero-order valence-electron chi connectivity index (χ0n) is 15.5. The van der Waals surface area contributed by atoms with Crippen LogP contribution in [0.3, 0.4) is 0 Å². The number of anilines is 2. The molecule has 2 heterocycles. The van der Waals surface area contributed by atoms with Crippen molar-refractivity contribution in [2.24, 2.45) is 0 Å². The predicted octanol–water partition coefficient (Wildman–Crippen LogP) is 4.88. The molecule has 0 radical (unpaired) electrons. The Kier molecular flexibility index (Phi) is 6.36. The molecule has 0 fully saturated rings. The molecule has 1 aromatic carbocycles. The standard InChI is InChI=1S/C19H15ClF3N5O2/c1-11-7-12(5-6-24-11)9-26-18(29)30-15-10-25-17(28-16(15)19(21,22)23)27-14-4-2-3-13(20)8-14/h2-8,10H,9H2,1H3,(H,26,29)(H,25,27,28). The molecule has 7 nitrogen and oxygen atoms in total. The normalized spacial score (nSPS) is 11.1. The lowest BCUT2D eigenvalue weighted by atomic mass is 10.2. The summed E-state index contributed by atoms with van der Waals surface area (Å²) in [6.45, 7) is 1.83. The Morgan fingerprint density at radius 2 is 2.00 bits per heavy atom. The van der Waals surface area contributed by atoms with E-state index in [1.807, 2.05) is 0 Å². The first-order valence-corrected chi connectivity index (χ1v) is 8.92. The summed E-state index contributed by atoms with van der Waals surface area (Å²) in [5.41, 5.74) is 0.456. The maximum Gasteiger partial charge on any atom is 0.437 e. The molecule has 0 aliphatic rings. The van der Waals surface area contributed by atoms with E-state index < -0.39 is 23.7 Å². The maximum absolute atomic E-state index is 13.4. The molecule has 0 spiro atoms. The molecule has 3 rings (SSSR count). The average Bonchev–Trinajstić information content (AvgIpc) is 2.67. The SMILES string of the molecule is Cc1cc(CNC(=O)Oc2cnc(Nc3cccc(Cl)c3)nc2C(F)(F)F)ccn1. The third-order valence-electron chi connectivity index (χ3n) is 3.71. The molecule has 0 saturated carbocycles. The number of alkyl halides is 3. The lowest BCUT2D eigenvalue weighted by Gasteiger charge is -2.14. The van der Waals surface area contributed by atoms with Crippen LogP contribution in [0.15, 0.2) is 48.8 Å². The van der Waals surface area contributed by atoms with E-state index in [1.165, 1.54) is 6.07 Å². The molecule has 1 amide bonds. The zero-order chi connectivity index (χ0) is 21.7. The summed E-state index contributed by atoms with van der Waals surface area (Å²) in [5, 5.41) is 5.38. The van der Waals surface area contributed by atoms with Gasteiger partial charge in [-0.2, -0.15) is 13.2 Å². The van der Waals surface area contributed by atoms with Gasteiger partial charge in [0.15, 0.2) is 11.4 Å². The van der Waals surface area contributed by atoms with Gasteiger partial charge in [-0.25, -0.2) is 14.8 Å². The Balaban J connectivity index is 1.74. The topological polar surface area (TPSA) is 89.0 Å². The van der Waals surface area contributed by atoms with Gasteiger partial charge in [-0.3, -0.25) is 4.98 Å². The fourth-order valence-electron chi connectivity index (χ4n) is 2.43. The first kappa shape index (κ1) is 21.3. The largest absolute Gasteiger partial charge is 0.437 e. The van der Waals surface area contributed by atoms with Crippen molar-refractivity contribution < 1.29 is 22.7 Å². The molecule has 0 saturated heterocycles. The number of nitrogens with one attached hydrogen (secondary N) is 2. The van der Waals surface area contributed by atoms with Crippen molar-refractivity contribution in [2.75, 3.05) is 5.32 Å². The van der Waals surface area contributed by atoms with E-state index in [0.717, 1.165) is 11.9 Å². The first-order valence-electron chi connectivity index (χ1n) is 8.55. The number of pyridine rings is 1. The van der Waals surface area contributed by atoms with Gasteiger partial charge in [0.2, 0.25) is 5.95 Å². The maximum atomic E-state index is 13.4. The molecule has 0 bridgehead atoms. The van der Waals surface area contributed by atoms with Crippen LogP contribution in [0.25, 0.3) is 0 Å². The van der Waals surface area contributed by atoms with Crippen molar-refractivity contribution in [3.63, 3.8) is 0 Å². The van der Waals surface area contributed by atoms with Gasteiger partial charge in [0, 0.05) is 29.1 Å². The molecule has 0 aliphatic heterocycles. The van der Waals surface area contributed by atoms with Crippen molar-refractivity contribution >= 4 is 29.3 Å². The van der Waals surface area contributed by atoms with Crippen LogP contribution in [0.4, 0.5) is 29.6 Å². The number of nitrogens with zero attached hydrogens (tertiary/aromatic N) is 3. The number of rotatable bonds is 5. The predicted molar refractivity (Wildman–Crippen MR) is 104 cm³/mol. The van der Waals surface area contributed by atoms with E-state index in [9.17, 15) is 18.0 Å². The van der Waals surface area contributed by atoms with Gasteiger partial charge in [-0.1, -0.05) is 17.7 Å². The highest BCUT2D eigenvalue weighted by atomic mass is 35.5. The van der Waals surface area contributed by atoms with Crippen LogP contribution in [0.1, 0.15) is 17.0 Å². The number of halogens is 4. The van der Waals surface area contributed by atoms with Gasteiger partial charge in [0.1, 0.15) is 0 Å². The van der Waals surface area contributed by atoms with Gasteiger partial charge in [-0.05, 0) is 42.8 Å². The molecule has 2 aromatic heterocycles. The Bertz CT molecular complexity index is 1060.